The highest BCUT2D eigenvalue weighted by molar-refractivity contribution is 5.74. The van der Waals surface area contributed by atoms with Gasteiger partial charge in [-0.05, 0) is 24.3 Å². The number of hydrogen-bond donors (Lipinski definition) is 0. The van der Waals surface area contributed by atoms with Crippen LogP contribution in [0, 0.1) is 0 Å². The van der Waals surface area contributed by atoms with Gasteiger partial charge in [-0.15, -0.1) is 0 Å². The molecule has 170 valence electrons. The fraction of sp³-hybridized carbons (Fsp3) is 0.273. The fourth-order valence-corrected chi connectivity index (χ4v) is 2.42. The largest absolute Gasteiger partial charge is 0.490 e. The second-order valence-corrected chi connectivity index (χ2v) is 6.29. The van der Waals surface area contributed by atoms with Crippen molar-refractivity contribution in [2.75, 3.05) is 13.2 Å². The lowest BCUT2D eigenvalue weighted by atomic mass is 10.3. The smallest absolute Gasteiger partial charge is 0.308 e. The number of esters is 4. The molecule has 10 heteroatoms. The average molecular weight is 446 g/mol. The fourth-order valence-electron chi connectivity index (χ4n) is 2.42. The van der Waals surface area contributed by atoms with E-state index in [1.807, 2.05) is 0 Å². The monoisotopic (exact) mass is 446 g/mol. The molecular formula is C22H22O10. The van der Waals surface area contributed by atoms with Gasteiger partial charge in [0.1, 0.15) is 24.7 Å². The summed E-state index contributed by atoms with van der Waals surface area (Å²) in [5, 5.41) is 0. The molecule has 0 bridgehead atoms. The third-order valence-corrected chi connectivity index (χ3v) is 3.47. The van der Waals surface area contributed by atoms with Gasteiger partial charge in [-0.25, -0.2) is 0 Å². The maximum atomic E-state index is 11.3. The number of carbonyl (C=O) groups is 4. The van der Waals surface area contributed by atoms with E-state index in [4.69, 9.17) is 28.4 Å². The van der Waals surface area contributed by atoms with E-state index < -0.39 is 23.9 Å². The highest BCUT2D eigenvalue weighted by Crippen LogP contribution is 2.33. The molecule has 0 saturated heterocycles. The van der Waals surface area contributed by atoms with Gasteiger partial charge >= 0.3 is 23.9 Å². The van der Waals surface area contributed by atoms with Gasteiger partial charge in [0, 0.05) is 39.8 Å². The normalized spacial score (nSPS) is 10.0. The second kappa shape index (κ2) is 11.3. The molecule has 0 unspecified atom stereocenters. The summed E-state index contributed by atoms with van der Waals surface area (Å²) in [5.41, 5.74) is 0. The lowest BCUT2D eigenvalue weighted by Gasteiger charge is -2.13. The minimum Gasteiger partial charge on any atom is -0.490 e. The quantitative estimate of drug-likeness (QED) is 0.323. The number of ether oxygens (including phenoxy) is 6. The van der Waals surface area contributed by atoms with Crippen molar-refractivity contribution >= 4 is 23.9 Å². The van der Waals surface area contributed by atoms with Crippen LogP contribution in [-0.2, 0) is 19.2 Å². The molecule has 0 spiro atoms. The van der Waals surface area contributed by atoms with Crippen molar-refractivity contribution in [1.82, 2.24) is 0 Å². The maximum Gasteiger partial charge on any atom is 0.308 e. The molecule has 0 atom stereocenters. The standard InChI is InChI=1S/C22H22O10/c1-13(23)29-19-7-5-17(11-21(19)31-15(3)25)27-9-10-28-18-6-8-20(30-14(2)24)22(12-18)32-16(4)26/h5-8,11-12H,9-10H2,1-4H3. The Morgan fingerprint density at radius 1 is 0.531 bits per heavy atom. The molecule has 0 aromatic heterocycles. The molecule has 2 aromatic rings. The Bertz CT molecular complexity index is 930. The summed E-state index contributed by atoms with van der Waals surface area (Å²) < 4.78 is 31.2. The molecule has 10 nitrogen and oxygen atoms in total. The van der Waals surface area contributed by atoms with E-state index >= 15 is 0 Å². The Kier molecular flexibility index (Phi) is 8.58. The predicted octanol–water partition coefficient (Wildman–Crippen LogP) is 2.85. The molecule has 32 heavy (non-hydrogen) atoms. The summed E-state index contributed by atoms with van der Waals surface area (Å²) in [6.07, 6.45) is 0. The van der Waals surface area contributed by atoms with Crippen molar-refractivity contribution in [2.24, 2.45) is 0 Å². The summed E-state index contributed by atoms with van der Waals surface area (Å²) in [7, 11) is 0. The van der Waals surface area contributed by atoms with E-state index in [1.54, 1.807) is 0 Å². The number of rotatable bonds is 9. The number of carbonyl (C=O) groups excluding carboxylic acids is 4. The first-order valence-corrected chi connectivity index (χ1v) is 9.41. The third kappa shape index (κ3) is 7.98. The summed E-state index contributed by atoms with van der Waals surface area (Å²) in [5.74, 6) is -1.33. The molecular weight excluding hydrogens is 424 g/mol. The van der Waals surface area contributed by atoms with Gasteiger partial charge in [-0.2, -0.15) is 0 Å². The van der Waals surface area contributed by atoms with E-state index in [9.17, 15) is 19.2 Å². The highest BCUT2D eigenvalue weighted by atomic mass is 16.6. The Labute approximate surface area is 183 Å². The van der Waals surface area contributed by atoms with Crippen LogP contribution in [0.15, 0.2) is 36.4 Å². The Hall–Kier alpha value is -4.08. The molecule has 0 N–H and O–H groups in total. The zero-order chi connectivity index (χ0) is 23.7. The minimum atomic E-state index is -0.584. The van der Waals surface area contributed by atoms with E-state index in [0.29, 0.717) is 11.5 Å². The van der Waals surface area contributed by atoms with Gasteiger partial charge in [-0.1, -0.05) is 0 Å². The first kappa shape index (κ1) is 24.2. The number of benzene rings is 2. The zero-order valence-corrected chi connectivity index (χ0v) is 18.0. The molecule has 0 amide bonds. The third-order valence-electron chi connectivity index (χ3n) is 3.47. The van der Waals surface area contributed by atoms with Crippen LogP contribution in [0.2, 0.25) is 0 Å². The molecule has 2 aromatic carbocycles. The van der Waals surface area contributed by atoms with E-state index in [1.165, 1.54) is 64.1 Å². The van der Waals surface area contributed by atoms with Crippen LogP contribution < -0.4 is 28.4 Å². The first-order valence-electron chi connectivity index (χ1n) is 9.41. The zero-order valence-electron chi connectivity index (χ0n) is 18.0. The van der Waals surface area contributed by atoms with Gasteiger partial charge in [0.15, 0.2) is 23.0 Å². The molecule has 0 aliphatic heterocycles. The number of hydrogen-bond acceptors (Lipinski definition) is 10. The summed E-state index contributed by atoms with van der Waals surface area (Å²) >= 11 is 0. The van der Waals surface area contributed by atoms with Crippen molar-refractivity contribution in [1.29, 1.82) is 0 Å². The van der Waals surface area contributed by atoms with Crippen LogP contribution in [0.4, 0.5) is 0 Å². The Morgan fingerprint density at radius 2 is 0.844 bits per heavy atom. The second-order valence-electron chi connectivity index (χ2n) is 6.29. The lowest BCUT2D eigenvalue weighted by molar-refractivity contribution is -0.134. The van der Waals surface area contributed by atoms with Crippen LogP contribution in [-0.4, -0.2) is 37.1 Å². The van der Waals surface area contributed by atoms with Crippen LogP contribution in [0.5, 0.6) is 34.5 Å². The van der Waals surface area contributed by atoms with E-state index in [-0.39, 0.29) is 36.2 Å². The molecule has 2 rings (SSSR count). The summed E-state index contributed by atoms with van der Waals surface area (Å²) in [6.45, 7) is 5.11. The van der Waals surface area contributed by atoms with Crippen molar-refractivity contribution in [3.8, 4) is 34.5 Å². The Morgan fingerprint density at radius 3 is 1.16 bits per heavy atom. The van der Waals surface area contributed by atoms with Gasteiger partial charge in [-0.3, -0.25) is 19.2 Å². The molecule has 0 aliphatic rings. The van der Waals surface area contributed by atoms with Crippen LogP contribution in [0.25, 0.3) is 0 Å². The van der Waals surface area contributed by atoms with Gasteiger partial charge < -0.3 is 28.4 Å². The van der Waals surface area contributed by atoms with E-state index in [0.717, 1.165) is 0 Å². The molecule has 0 saturated carbocycles. The molecule has 0 aliphatic carbocycles. The summed E-state index contributed by atoms with van der Waals surface area (Å²) in [6, 6.07) is 8.78. The van der Waals surface area contributed by atoms with Gasteiger partial charge in [0.25, 0.3) is 0 Å². The van der Waals surface area contributed by atoms with Crippen LogP contribution in [0.3, 0.4) is 0 Å². The lowest BCUT2D eigenvalue weighted by Crippen LogP contribution is -2.11. The van der Waals surface area contributed by atoms with Crippen molar-refractivity contribution in [2.45, 2.75) is 27.7 Å². The van der Waals surface area contributed by atoms with Gasteiger partial charge in [0.2, 0.25) is 0 Å². The van der Waals surface area contributed by atoms with Gasteiger partial charge in [0.05, 0.1) is 0 Å². The van der Waals surface area contributed by atoms with Crippen molar-refractivity contribution < 1.29 is 47.6 Å². The van der Waals surface area contributed by atoms with Crippen molar-refractivity contribution in [3.05, 3.63) is 36.4 Å². The Balaban J connectivity index is 2.00. The SMILES string of the molecule is CC(=O)Oc1ccc(OCCOc2ccc(OC(C)=O)c(OC(C)=O)c2)cc1OC(C)=O. The maximum absolute atomic E-state index is 11.3. The van der Waals surface area contributed by atoms with Crippen LogP contribution >= 0.6 is 0 Å². The highest BCUT2D eigenvalue weighted by Gasteiger charge is 2.13. The van der Waals surface area contributed by atoms with Crippen LogP contribution in [0.1, 0.15) is 27.7 Å². The van der Waals surface area contributed by atoms with Crippen molar-refractivity contribution in [3.63, 3.8) is 0 Å². The molecule has 0 radical (unpaired) electrons. The molecule has 0 fully saturated rings. The average Bonchev–Trinajstić information content (AvgIpc) is 2.67. The minimum absolute atomic E-state index is 0.0400. The summed E-state index contributed by atoms with van der Waals surface area (Å²) in [4.78, 5) is 44.9. The van der Waals surface area contributed by atoms with E-state index in [2.05, 4.69) is 0 Å². The first-order chi connectivity index (χ1) is 15.1. The predicted molar refractivity (Wildman–Crippen MR) is 109 cm³/mol. The topological polar surface area (TPSA) is 124 Å². The molecule has 0 heterocycles.